The lowest BCUT2D eigenvalue weighted by atomic mass is 9.95. The van der Waals surface area contributed by atoms with Crippen LogP contribution in [-0.2, 0) is 6.42 Å². The van der Waals surface area contributed by atoms with E-state index < -0.39 is 0 Å². The summed E-state index contributed by atoms with van der Waals surface area (Å²) in [6.45, 7) is 4.10. The topological polar surface area (TPSA) is 26.0 Å². The number of nitrogens with two attached hydrogens (primary N) is 1. The Labute approximate surface area is 121 Å². The van der Waals surface area contributed by atoms with Gasteiger partial charge in [-0.2, -0.15) is 0 Å². The summed E-state index contributed by atoms with van der Waals surface area (Å²) >= 11 is 3.35. The van der Waals surface area contributed by atoms with Crippen LogP contribution >= 0.6 is 15.9 Å². The first kappa shape index (κ1) is 14.2. The highest BCUT2D eigenvalue weighted by molar-refractivity contribution is 9.10. The number of hydrogen-bond acceptors (Lipinski definition) is 1. The Balaban J connectivity index is 2.27. The second kappa shape index (κ2) is 5.85. The molecule has 2 aromatic rings. The van der Waals surface area contributed by atoms with Crippen LogP contribution in [0.1, 0.15) is 28.3 Å². The molecule has 0 saturated carbocycles. The van der Waals surface area contributed by atoms with Gasteiger partial charge in [0.1, 0.15) is 5.82 Å². The summed E-state index contributed by atoms with van der Waals surface area (Å²) in [4.78, 5) is 0. The molecule has 0 heterocycles. The van der Waals surface area contributed by atoms with Gasteiger partial charge in [0.05, 0.1) is 0 Å². The Morgan fingerprint density at radius 1 is 1.16 bits per heavy atom. The quantitative estimate of drug-likeness (QED) is 0.888. The summed E-state index contributed by atoms with van der Waals surface area (Å²) in [5, 5.41) is 0. The molecule has 0 spiro atoms. The van der Waals surface area contributed by atoms with Crippen LogP contribution in [-0.4, -0.2) is 0 Å². The van der Waals surface area contributed by atoms with Gasteiger partial charge in [0.15, 0.2) is 0 Å². The summed E-state index contributed by atoms with van der Waals surface area (Å²) in [5.74, 6) is -0.249. The third-order valence-electron chi connectivity index (χ3n) is 3.30. The summed E-state index contributed by atoms with van der Waals surface area (Å²) in [7, 11) is 0. The van der Waals surface area contributed by atoms with Crippen molar-refractivity contribution in [3.63, 3.8) is 0 Å². The number of rotatable bonds is 3. The molecule has 0 aliphatic heterocycles. The van der Waals surface area contributed by atoms with E-state index in [-0.39, 0.29) is 11.9 Å². The third-order valence-corrected chi connectivity index (χ3v) is 3.80. The van der Waals surface area contributed by atoms with E-state index in [1.807, 2.05) is 6.92 Å². The molecule has 2 aromatic carbocycles. The Morgan fingerprint density at radius 2 is 1.89 bits per heavy atom. The van der Waals surface area contributed by atoms with Crippen molar-refractivity contribution in [3.8, 4) is 0 Å². The summed E-state index contributed by atoms with van der Waals surface area (Å²) in [6, 6.07) is 10.8. The summed E-state index contributed by atoms with van der Waals surface area (Å²) < 4.78 is 14.6. The van der Waals surface area contributed by atoms with E-state index in [0.29, 0.717) is 12.0 Å². The van der Waals surface area contributed by atoms with Crippen LogP contribution in [0.2, 0.25) is 0 Å². The molecular weight excluding hydrogens is 305 g/mol. The molecule has 1 unspecified atom stereocenters. The van der Waals surface area contributed by atoms with Crippen molar-refractivity contribution in [2.45, 2.75) is 26.3 Å². The Hall–Kier alpha value is -1.19. The highest BCUT2D eigenvalue weighted by atomic mass is 79.9. The van der Waals surface area contributed by atoms with Gasteiger partial charge in [0, 0.05) is 16.1 Å². The van der Waals surface area contributed by atoms with Crippen molar-refractivity contribution in [1.29, 1.82) is 0 Å². The molecule has 0 aliphatic carbocycles. The molecule has 0 amide bonds. The predicted molar refractivity (Wildman–Crippen MR) is 80.6 cm³/mol. The van der Waals surface area contributed by atoms with Crippen molar-refractivity contribution < 1.29 is 4.39 Å². The first-order chi connectivity index (χ1) is 8.97. The molecule has 100 valence electrons. The van der Waals surface area contributed by atoms with Crippen molar-refractivity contribution >= 4 is 15.9 Å². The first-order valence-corrected chi connectivity index (χ1v) is 7.03. The van der Waals surface area contributed by atoms with E-state index in [1.165, 1.54) is 22.8 Å². The molecule has 3 heteroatoms. The molecule has 0 fully saturated rings. The van der Waals surface area contributed by atoms with E-state index in [9.17, 15) is 4.39 Å². The SMILES string of the molecule is Cc1ccc(C)c(CC(N)c2cc(Br)ccc2F)c1. The normalized spacial score (nSPS) is 12.5. The zero-order valence-corrected chi connectivity index (χ0v) is 12.7. The minimum absolute atomic E-state index is 0.249. The number of halogens is 2. The lowest BCUT2D eigenvalue weighted by Gasteiger charge is -2.15. The highest BCUT2D eigenvalue weighted by Crippen LogP contribution is 2.24. The van der Waals surface area contributed by atoms with Crippen LogP contribution < -0.4 is 5.73 Å². The lowest BCUT2D eigenvalue weighted by molar-refractivity contribution is 0.579. The van der Waals surface area contributed by atoms with Gasteiger partial charge in [-0.05, 0) is 49.6 Å². The molecule has 0 bridgehead atoms. The molecule has 2 N–H and O–H groups in total. The van der Waals surface area contributed by atoms with E-state index >= 15 is 0 Å². The van der Waals surface area contributed by atoms with Crippen molar-refractivity contribution in [1.82, 2.24) is 0 Å². The smallest absolute Gasteiger partial charge is 0.128 e. The summed E-state index contributed by atoms with van der Waals surface area (Å²) in [6.07, 6.45) is 0.640. The van der Waals surface area contributed by atoms with E-state index in [1.54, 1.807) is 12.1 Å². The molecular formula is C16H17BrFN. The predicted octanol–water partition coefficient (Wildman–Crippen LogP) is 4.45. The van der Waals surface area contributed by atoms with Crippen LogP contribution in [0.4, 0.5) is 4.39 Å². The van der Waals surface area contributed by atoms with E-state index in [0.717, 1.165) is 4.47 Å². The number of hydrogen-bond donors (Lipinski definition) is 1. The second-order valence-corrected chi connectivity index (χ2v) is 5.82. The molecule has 0 aromatic heterocycles. The van der Waals surface area contributed by atoms with Crippen molar-refractivity contribution in [2.75, 3.05) is 0 Å². The largest absolute Gasteiger partial charge is 0.324 e. The van der Waals surface area contributed by atoms with Gasteiger partial charge in [-0.25, -0.2) is 4.39 Å². The molecule has 1 nitrogen and oxygen atoms in total. The first-order valence-electron chi connectivity index (χ1n) is 6.24. The molecule has 2 rings (SSSR count). The van der Waals surface area contributed by atoms with Gasteiger partial charge in [-0.3, -0.25) is 0 Å². The van der Waals surface area contributed by atoms with E-state index in [4.69, 9.17) is 5.73 Å². The summed E-state index contributed by atoms with van der Waals surface area (Å²) in [5.41, 5.74) is 10.3. The van der Waals surface area contributed by atoms with Crippen LogP contribution in [0.3, 0.4) is 0 Å². The van der Waals surface area contributed by atoms with Gasteiger partial charge < -0.3 is 5.73 Å². The molecule has 0 saturated heterocycles. The fourth-order valence-electron chi connectivity index (χ4n) is 2.17. The van der Waals surface area contributed by atoms with Crippen LogP contribution in [0.25, 0.3) is 0 Å². The molecule has 19 heavy (non-hydrogen) atoms. The number of benzene rings is 2. The maximum absolute atomic E-state index is 13.8. The maximum Gasteiger partial charge on any atom is 0.128 e. The van der Waals surface area contributed by atoms with Crippen molar-refractivity contribution in [2.24, 2.45) is 5.73 Å². The lowest BCUT2D eigenvalue weighted by Crippen LogP contribution is -2.15. The number of aryl methyl sites for hydroxylation is 2. The van der Waals surface area contributed by atoms with E-state index in [2.05, 4.69) is 41.1 Å². The van der Waals surface area contributed by atoms with Gasteiger partial charge in [0.25, 0.3) is 0 Å². The minimum atomic E-state index is -0.335. The third kappa shape index (κ3) is 3.43. The fraction of sp³-hybridized carbons (Fsp3) is 0.250. The Kier molecular flexibility index (Phi) is 4.38. The zero-order valence-electron chi connectivity index (χ0n) is 11.1. The van der Waals surface area contributed by atoms with Gasteiger partial charge in [0.2, 0.25) is 0 Å². The van der Waals surface area contributed by atoms with Crippen molar-refractivity contribution in [3.05, 3.63) is 68.9 Å². The maximum atomic E-state index is 13.8. The Bertz CT molecular complexity index is 595. The minimum Gasteiger partial charge on any atom is -0.324 e. The molecule has 0 aliphatic rings. The standard InChI is InChI=1S/C16H17BrFN/c1-10-3-4-11(2)12(7-10)8-16(19)14-9-13(17)5-6-15(14)18/h3-7,9,16H,8,19H2,1-2H3. The monoisotopic (exact) mass is 321 g/mol. The molecule has 0 radical (unpaired) electrons. The molecule has 1 atom stereocenters. The fourth-order valence-corrected chi connectivity index (χ4v) is 2.54. The average molecular weight is 322 g/mol. The Morgan fingerprint density at radius 3 is 2.63 bits per heavy atom. The van der Waals surface area contributed by atoms with Gasteiger partial charge in [-0.15, -0.1) is 0 Å². The van der Waals surface area contributed by atoms with Crippen LogP contribution in [0, 0.1) is 19.7 Å². The highest BCUT2D eigenvalue weighted by Gasteiger charge is 2.13. The van der Waals surface area contributed by atoms with Gasteiger partial charge in [-0.1, -0.05) is 39.7 Å². The second-order valence-electron chi connectivity index (χ2n) is 4.91. The zero-order chi connectivity index (χ0) is 14.0. The van der Waals surface area contributed by atoms with Crippen LogP contribution in [0.5, 0.6) is 0 Å². The van der Waals surface area contributed by atoms with Crippen LogP contribution in [0.15, 0.2) is 40.9 Å². The van der Waals surface area contributed by atoms with Gasteiger partial charge >= 0.3 is 0 Å². The average Bonchev–Trinajstić information content (AvgIpc) is 2.36.